The largest absolute Gasteiger partial charge is 0.496 e. The molecule has 1 unspecified atom stereocenters. The van der Waals surface area contributed by atoms with Gasteiger partial charge in [0.2, 0.25) is 0 Å². The second-order valence-electron chi connectivity index (χ2n) is 6.34. The van der Waals surface area contributed by atoms with Gasteiger partial charge in [-0.05, 0) is 37.8 Å². The standard InChI is InChI=1S/C18H24N2O3/c1-18(2,3)23-17(21)20-15(11-19)13-9-10-16(22-4)14-8-6-5-7-12(13)14/h5-10,15H,11,19H2,1-4H3,(H,20,21). The molecule has 0 aliphatic heterocycles. The maximum absolute atomic E-state index is 12.0. The number of alkyl carbamates (subject to hydrolysis) is 1. The minimum Gasteiger partial charge on any atom is -0.496 e. The molecule has 5 nitrogen and oxygen atoms in total. The first-order chi connectivity index (χ1) is 10.9. The van der Waals surface area contributed by atoms with E-state index in [-0.39, 0.29) is 12.6 Å². The Morgan fingerprint density at radius 2 is 1.83 bits per heavy atom. The number of benzene rings is 2. The average Bonchev–Trinajstić information content (AvgIpc) is 2.50. The van der Waals surface area contributed by atoms with Gasteiger partial charge >= 0.3 is 6.09 Å². The Bertz CT molecular complexity index is 692. The zero-order valence-corrected chi connectivity index (χ0v) is 14.1. The number of carbonyl (C=O) groups excluding carboxylic acids is 1. The molecule has 0 aliphatic rings. The summed E-state index contributed by atoms with van der Waals surface area (Å²) in [7, 11) is 1.64. The first kappa shape index (κ1) is 17.1. The molecular formula is C18H24N2O3. The second kappa shape index (κ2) is 6.87. The highest BCUT2D eigenvalue weighted by molar-refractivity contribution is 5.91. The van der Waals surface area contributed by atoms with Crippen LogP contribution in [0.15, 0.2) is 36.4 Å². The van der Waals surface area contributed by atoms with Gasteiger partial charge in [0.05, 0.1) is 13.2 Å². The van der Waals surface area contributed by atoms with E-state index in [1.807, 2.05) is 57.2 Å². The Labute approximate surface area is 136 Å². The summed E-state index contributed by atoms with van der Waals surface area (Å²) in [5.41, 5.74) is 6.27. The number of amides is 1. The maximum atomic E-state index is 12.0. The van der Waals surface area contributed by atoms with Crippen LogP contribution in [-0.4, -0.2) is 25.3 Å². The highest BCUT2D eigenvalue weighted by Gasteiger charge is 2.21. The SMILES string of the molecule is COc1ccc(C(CN)NC(=O)OC(C)(C)C)c2ccccc12. The van der Waals surface area contributed by atoms with Crippen molar-refractivity contribution in [1.82, 2.24) is 5.32 Å². The van der Waals surface area contributed by atoms with Gasteiger partial charge in [0.1, 0.15) is 11.4 Å². The van der Waals surface area contributed by atoms with Gasteiger partial charge < -0.3 is 20.5 Å². The van der Waals surface area contributed by atoms with Crippen LogP contribution in [0.1, 0.15) is 32.4 Å². The van der Waals surface area contributed by atoms with Crippen LogP contribution in [-0.2, 0) is 4.74 Å². The van der Waals surface area contributed by atoms with Crippen LogP contribution >= 0.6 is 0 Å². The number of fused-ring (bicyclic) bond motifs is 1. The van der Waals surface area contributed by atoms with Gasteiger partial charge in [-0.15, -0.1) is 0 Å². The number of rotatable bonds is 4. The fourth-order valence-electron chi connectivity index (χ4n) is 2.49. The molecule has 0 heterocycles. The third kappa shape index (κ3) is 4.13. The molecule has 3 N–H and O–H groups in total. The van der Waals surface area contributed by atoms with Gasteiger partial charge in [-0.25, -0.2) is 4.79 Å². The van der Waals surface area contributed by atoms with Crippen LogP contribution in [0.5, 0.6) is 5.75 Å². The van der Waals surface area contributed by atoms with Crippen LogP contribution in [0.2, 0.25) is 0 Å². The highest BCUT2D eigenvalue weighted by atomic mass is 16.6. The van der Waals surface area contributed by atoms with E-state index in [2.05, 4.69) is 5.32 Å². The number of carbonyl (C=O) groups is 1. The lowest BCUT2D eigenvalue weighted by molar-refractivity contribution is 0.0505. The quantitative estimate of drug-likeness (QED) is 0.907. The molecule has 0 aromatic heterocycles. The van der Waals surface area contributed by atoms with Crippen molar-refractivity contribution in [3.05, 3.63) is 42.0 Å². The summed E-state index contributed by atoms with van der Waals surface area (Å²) in [6, 6.07) is 11.4. The minimum atomic E-state index is -0.550. The summed E-state index contributed by atoms with van der Waals surface area (Å²) < 4.78 is 10.7. The molecule has 0 saturated carbocycles. The van der Waals surface area contributed by atoms with E-state index in [4.69, 9.17) is 15.2 Å². The maximum Gasteiger partial charge on any atom is 0.408 e. The van der Waals surface area contributed by atoms with Crippen LogP contribution < -0.4 is 15.8 Å². The molecule has 0 radical (unpaired) electrons. The van der Waals surface area contributed by atoms with E-state index in [1.165, 1.54) is 0 Å². The lowest BCUT2D eigenvalue weighted by atomic mass is 9.98. The van der Waals surface area contributed by atoms with Gasteiger partial charge in [0.15, 0.2) is 0 Å². The van der Waals surface area contributed by atoms with Gasteiger partial charge in [-0.2, -0.15) is 0 Å². The Morgan fingerprint density at radius 3 is 2.39 bits per heavy atom. The smallest absolute Gasteiger partial charge is 0.408 e. The molecule has 2 aromatic rings. The predicted molar refractivity (Wildman–Crippen MR) is 91.7 cm³/mol. The first-order valence-corrected chi connectivity index (χ1v) is 7.61. The van der Waals surface area contributed by atoms with Crippen molar-refractivity contribution in [2.75, 3.05) is 13.7 Å². The molecule has 124 valence electrons. The summed E-state index contributed by atoms with van der Waals surface area (Å²) in [4.78, 5) is 12.0. The van der Waals surface area contributed by atoms with E-state index < -0.39 is 11.7 Å². The van der Waals surface area contributed by atoms with Crippen molar-refractivity contribution >= 4 is 16.9 Å². The summed E-state index contributed by atoms with van der Waals surface area (Å²) in [6.45, 7) is 5.75. The minimum absolute atomic E-state index is 0.273. The molecule has 2 aromatic carbocycles. The van der Waals surface area contributed by atoms with Crippen LogP contribution in [0.25, 0.3) is 10.8 Å². The summed E-state index contributed by atoms with van der Waals surface area (Å²) in [5.74, 6) is 0.789. The molecule has 0 fully saturated rings. The molecule has 0 saturated heterocycles. The van der Waals surface area contributed by atoms with Crippen LogP contribution in [0.4, 0.5) is 4.79 Å². The zero-order chi connectivity index (χ0) is 17.0. The Hall–Kier alpha value is -2.27. The van der Waals surface area contributed by atoms with Gasteiger partial charge in [0, 0.05) is 11.9 Å². The third-order valence-corrected chi connectivity index (χ3v) is 3.44. The van der Waals surface area contributed by atoms with Crippen molar-refractivity contribution in [2.45, 2.75) is 32.4 Å². The van der Waals surface area contributed by atoms with E-state index in [0.717, 1.165) is 22.1 Å². The Morgan fingerprint density at radius 1 is 1.17 bits per heavy atom. The third-order valence-electron chi connectivity index (χ3n) is 3.44. The van der Waals surface area contributed by atoms with Crippen molar-refractivity contribution < 1.29 is 14.3 Å². The van der Waals surface area contributed by atoms with Gasteiger partial charge in [0.25, 0.3) is 0 Å². The normalized spacial score (nSPS) is 12.7. The number of hydrogen-bond acceptors (Lipinski definition) is 4. The van der Waals surface area contributed by atoms with E-state index in [1.54, 1.807) is 7.11 Å². The number of ether oxygens (including phenoxy) is 2. The first-order valence-electron chi connectivity index (χ1n) is 7.61. The highest BCUT2D eigenvalue weighted by Crippen LogP contribution is 2.31. The topological polar surface area (TPSA) is 73.6 Å². The number of methoxy groups -OCH3 is 1. The molecular weight excluding hydrogens is 292 g/mol. The fraction of sp³-hybridized carbons (Fsp3) is 0.389. The molecule has 1 atom stereocenters. The molecule has 5 heteroatoms. The zero-order valence-electron chi connectivity index (χ0n) is 14.1. The molecule has 0 aliphatic carbocycles. The summed E-state index contributed by atoms with van der Waals surface area (Å²) in [6.07, 6.45) is -0.479. The molecule has 2 rings (SSSR count). The lowest BCUT2D eigenvalue weighted by Crippen LogP contribution is -2.37. The van der Waals surface area contributed by atoms with Crippen molar-refractivity contribution in [1.29, 1.82) is 0 Å². The van der Waals surface area contributed by atoms with Gasteiger partial charge in [-0.3, -0.25) is 0 Å². The average molecular weight is 316 g/mol. The van der Waals surface area contributed by atoms with Gasteiger partial charge in [-0.1, -0.05) is 30.3 Å². The molecule has 1 amide bonds. The summed E-state index contributed by atoms with van der Waals surface area (Å²) in [5, 5.41) is 4.82. The Kier molecular flexibility index (Phi) is 5.11. The van der Waals surface area contributed by atoms with E-state index in [0.29, 0.717) is 0 Å². The number of nitrogens with one attached hydrogen (secondary N) is 1. The van der Waals surface area contributed by atoms with Crippen molar-refractivity contribution in [3.8, 4) is 5.75 Å². The van der Waals surface area contributed by atoms with Crippen LogP contribution in [0, 0.1) is 0 Å². The molecule has 23 heavy (non-hydrogen) atoms. The Balaban J connectivity index is 2.35. The predicted octanol–water partition coefficient (Wildman–Crippen LogP) is 3.37. The second-order valence-corrected chi connectivity index (χ2v) is 6.34. The van der Waals surface area contributed by atoms with Crippen LogP contribution in [0.3, 0.4) is 0 Å². The van der Waals surface area contributed by atoms with E-state index >= 15 is 0 Å². The van der Waals surface area contributed by atoms with Crippen molar-refractivity contribution in [3.63, 3.8) is 0 Å². The molecule has 0 bridgehead atoms. The lowest BCUT2D eigenvalue weighted by Gasteiger charge is -2.24. The summed E-state index contributed by atoms with van der Waals surface area (Å²) >= 11 is 0. The number of hydrogen-bond donors (Lipinski definition) is 2. The molecule has 0 spiro atoms. The monoisotopic (exact) mass is 316 g/mol. The van der Waals surface area contributed by atoms with Crippen molar-refractivity contribution in [2.24, 2.45) is 5.73 Å². The fourth-order valence-corrected chi connectivity index (χ4v) is 2.49. The number of nitrogens with two attached hydrogens (primary N) is 1. The van der Waals surface area contributed by atoms with E-state index in [9.17, 15) is 4.79 Å².